The molecule has 0 bridgehead atoms. The second-order valence-electron chi connectivity index (χ2n) is 4.15. The normalized spacial score (nSPS) is 12.1. The van der Waals surface area contributed by atoms with Crippen molar-refractivity contribution in [2.75, 3.05) is 5.75 Å². The first-order chi connectivity index (χ1) is 10.2. The molecular weight excluding hydrogens is 333 g/mol. The first-order valence-electron chi connectivity index (χ1n) is 5.74. The van der Waals surface area contributed by atoms with Crippen LogP contribution in [-0.2, 0) is 15.3 Å². The maximum atomic E-state index is 13.4. The number of halogens is 5. The van der Waals surface area contributed by atoms with Gasteiger partial charge in [-0.15, -0.1) is 0 Å². The zero-order chi connectivity index (χ0) is 17.0. The number of thioether (sulfide) groups is 1. The second-order valence-corrected chi connectivity index (χ2v) is 5.19. The van der Waals surface area contributed by atoms with Crippen LogP contribution in [0.2, 0.25) is 0 Å². The molecule has 0 aliphatic carbocycles. The second kappa shape index (κ2) is 7.43. The number of carboxylic acid groups (broad SMARTS) is 1. The van der Waals surface area contributed by atoms with Crippen LogP contribution in [-0.4, -0.2) is 28.8 Å². The van der Waals surface area contributed by atoms with E-state index in [1.54, 1.807) is 0 Å². The van der Waals surface area contributed by atoms with Crippen molar-refractivity contribution in [2.24, 2.45) is 0 Å². The molecule has 4 nitrogen and oxygen atoms in total. The van der Waals surface area contributed by atoms with E-state index in [9.17, 15) is 31.5 Å². The van der Waals surface area contributed by atoms with Crippen molar-refractivity contribution in [2.45, 2.75) is 18.7 Å². The van der Waals surface area contributed by atoms with E-state index >= 15 is 0 Å². The summed E-state index contributed by atoms with van der Waals surface area (Å²) in [7, 11) is 0. The molecule has 10 heteroatoms. The van der Waals surface area contributed by atoms with Crippen molar-refractivity contribution in [1.82, 2.24) is 5.32 Å². The maximum Gasteiger partial charge on any atom is 0.327 e. The molecule has 22 heavy (non-hydrogen) atoms. The third kappa shape index (κ3) is 4.09. The number of hydrogen-bond acceptors (Lipinski definition) is 3. The number of carbonyl (C=O) groups excluding carboxylic acids is 1. The number of carbonyl (C=O) groups is 2. The summed E-state index contributed by atoms with van der Waals surface area (Å²) in [4.78, 5) is 21.6. The Morgan fingerprint density at radius 2 is 1.50 bits per heavy atom. The van der Waals surface area contributed by atoms with Gasteiger partial charge in [-0.1, -0.05) is 0 Å². The van der Waals surface area contributed by atoms with E-state index in [-0.39, 0.29) is 5.75 Å². The number of hydrogen-bond donors (Lipinski definition) is 2. The van der Waals surface area contributed by atoms with E-state index in [4.69, 9.17) is 5.11 Å². The van der Waals surface area contributed by atoms with Gasteiger partial charge in [-0.25, -0.2) is 26.7 Å². The predicted octanol–water partition coefficient (Wildman–Crippen LogP) is 2.20. The molecule has 0 unspecified atom stereocenters. The molecule has 1 aromatic carbocycles. The first kappa shape index (κ1) is 18.2. The SMILES string of the molecule is CC(=O)N[C@@H](CSCc1c(F)c(F)c(F)c(F)c1F)C(=O)O. The Balaban J connectivity index is 2.85. The minimum Gasteiger partial charge on any atom is -0.480 e. The van der Waals surface area contributed by atoms with Crippen molar-refractivity contribution >= 4 is 23.6 Å². The largest absolute Gasteiger partial charge is 0.480 e. The van der Waals surface area contributed by atoms with Gasteiger partial charge in [-0.05, 0) is 0 Å². The molecule has 1 aromatic rings. The summed E-state index contributed by atoms with van der Waals surface area (Å²) < 4.78 is 65.5. The molecule has 0 aliphatic rings. The average Bonchev–Trinajstić information content (AvgIpc) is 2.44. The molecule has 0 saturated heterocycles. The minimum atomic E-state index is -2.26. The van der Waals surface area contributed by atoms with Crippen molar-refractivity contribution in [1.29, 1.82) is 0 Å². The number of benzene rings is 1. The fraction of sp³-hybridized carbons (Fsp3) is 0.333. The fourth-order valence-corrected chi connectivity index (χ4v) is 2.51. The highest BCUT2D eigenvalue weighted by molar-refractivity contribution is 7.98. The molecule has 1 atom stereocenters. The molecule has 1 rings (SSSR count). The molecular formula is C12H10F5NO3S. The molecule has 1 amide bonds. The number of nitrogens with one attached hydrogen (secondary N) is 1. The molecule has 0 aromatic heterocycles. The Labute approximate surface area is 125 Å². The van der Waals surface area contributed by atoms with Crippen LogP contribution in [0.4, 0.5) is 22.0 Å². The molecule has 122 valence electrons. The Morgan fingerprint density at radius 3 is 1.91 bits per heavy atom. The molecule has 0 spiro atoms. The van der Waals surface area contributed by atoms with E-state index < -0.39 is 58.3 Å². The summed E-state index contributed by atoms with van der Waals surface area (Å²) in [5.74, 6) is -13.3. The molecule has 0 heterocycles. The van der Waals surface area contributed by atoms with E-state index in [0.717, 1.165) is 6.92 Å². The predicted molar refractivity (Wildman–Crippen MR) is 67.6 cm³/mol. The van der Waals surface area contributed by atoms with E-state index in [1.807, 2.05) is 0 Å². The lowest BCUT2D eigenvalue weighted by Crippen LogP contribution is -2.41. The van der Waals surface area contributed by atoms with Gasteiger partial charge in [0, 0.05) is 24.0 Å². The van der Waals surface area contributed by atoms with Gasteiger partial charge in [0.25, 0.3) is 0 Å². The molecule has 0 saturated carbocycles. The van der Waals surface area contributed by atoms with Crippen molar-refractivity contribution in [3.63, 3.8) is 0 Å². The van der Waals surface area contributed by atoms with Gasteiger partial charge in [-0.3, -0.25) is 4.79 Å². The Bertz CT molecular complexity index is 582. The zero-order valence-electron chi connectivity index (χ0n) is 11.1. The van der Waals surface area contributed by atoms with Crippen LogP contribution in [0.1, 0.15) is 12.5 Å². The topological polar surface area (TPSA) is 66.4 Å². The Morgan fingerprint density at radius 1 is 1.05 bits per heavy atom. The minimum absolute atomic E-state index is 0.311. The van der Waals surface area contributed by atoms with Crippen LogP contribution >= 0.6 is 11.8 Å². The third-order valence-corrected chi connectivity index (χ3v) is 3.57. The lowest BCUT2D eigenvalue weighted by atomic mass is 10.2. The summed E-state index contributed by atoms with van der Waals surface area (Å²) in [6.45, 7) is 1.07. The van der Waals surface area contributed by atoms with Gasteiger partial charge in [0.1, 0.15) is 6.04 Å². The molecule has 0 fully saturated rings. The van der Waals surface area contributed by atoms with E-state index in [2.05, 4.69) is 5.32 Å². The van der Waals surface area contributed by atoms with Gasteiger partial charge in [0.05, 0.1) is 0 Å². The van der Waals surface area contributed by atoms with Crippen LogP contribution in [0, 0.1) is 29.1 Å². The first-order valence-corrected chi connectivity index (χ1v) is 6.90. The number of rotatable bonds is 6. The summed E-state index contributed by atoms with van der Waals surface area (Å²) in [5, 5.41) is 10.9. The lowest BCUT2D eigenvalue weighted by molar-refractivity contribution is -0.140. The van der Waals surface area contributed by atoms with Gasteiger partial charge in [-0.2, -0.15) is 11.8 Å². The standard InChI is InChI=1S/C12H10F5NO3S/c1-4(19)18-6(12(20)21)3-22-2-5-7(13)9(15)11(17)10(16)8(5)14/h6H,2-3H2,1H3,(H,18,19)(H,20,21)/t6-/m0/s1. The van der Waals surface area contributed by atoms with Gasteiger partial charge >= 0.3 is 5.97 Å². The van der Waals surface area contributed by atoms with E-state index in [0.29, 0.717) is 11.8 Å². The van der Waals surface area contributed by atoms with Gasteiger partial charge < -0.3 is 10.4 Å². The van der Waals surface area contributed by atoms with Crippen molar-refractivity contribution in [3.8, 4) is 0 Å². The highest BCUT2D eigenvalue weighted by Gasteiger charge is 2.26. The van der Waals surface area contributed by atoms with Crippen LogP contribution in [0.25, 0.3) is 0 Å². The highest BCUT2D eigenvalue weighted by Crippen LogP contribution is 2.26. The van der Waals surface area contributed by atoms with E-state index in [1.165, 1.54) is 0 Å². The van der Waals surface area contributed by atoms with Crippen molar-refractivity contribution in [3.05, 3.63) is 34.6 Å². The molecule has 0 aliphatic heterocycles. The highest BCUT2D eigenvalue weighted by atomic mass is 32.2. The van der Waals surface area contributed by atoms with Gasteiger partial charge in [0.2, 0.25) is 11.7 Å². The monoisotopic (exact) mass is 343 g/mol. The summed E-state index contributed by atoms with van der Waals surface area (Å²) in [6.07, 6.45) is 0. The number of aliphatic carboxylic acids is 1. The molecule has 0 radical (unpaired) electrons. The Hall–Kier alpha value is -1.84. The van der Waals surface area contributed by atoms with Crippen LogP contribution < -0.4 is 5.32 Å². The van der Waals surface area contributed by atoms with Crippen LogP contribution in [0.15, 0.2) is 0 Å². The Kier molecular flexibility index (Phi) is 6.15. The molecule has 2 N–H and O–H groups in total. The summed E-state index contributed by atoms with van der Waals surface area (Å²) >= 11 is 0.605. The maximum absolute atomic E-state index is 13.4. The quantitative estimate of drug-likeness (QED) is 0.472. The number of amides is 1. The van der Waals surface area contributed by atoms with Gasteiger partial charge in [0.15, 0.2) is 23.3 Å². The van der Waals surface area contributed by atoms with Crippen molar-refractivity contribution < 1.29 is 36.6 Å². The fourth-order valence-electron chi connectivity index (χ4n) is 1.48. The van der Waals surface area contributed by atoms with Crippen LogP contribution in [0.5, 0.6) is 0 Å². The third-order valence-electron chi connectivity index (χ3n) is 2.51. The summed E-state index contributed by atoms with van der Waals surface area (Å²) in [6, 6.07) is -1.34. The average molecular weight is 343 g/mol. The smallest absolute Gasteiger partial charge is 0.327 e. The summed E-state index contributed by atoms with van der Waals surface area (Å²) in [5.41, 5.74) is -1.05. The number of carboxylic acids is 1. The van der Waals surface area contributed by atoms with Crippen LogP contribution in [0.3, 0.4) is 0 Å². The zero-order valence-corrected chi connectivity index (χ0v) is 11.9. The lowest BCUT2D eigenvalue weighted by Gasteiger charge is -2.13.